The molecule has 0 bridgehead atoms. The summed E-state index contributed by atoms with van der Waals surface area (Å²) in [6.45, 7) is 1.61. The number of anilines is 1. The first-order chi connectivity index (χ1) is 10.3. The number of nitro benzene ring substituents is 1. The van der Waals surface area contributed by atoms with Gasteiger partial charge in [0.1, 0.15) is 6.04 Å². The number of rotatable bonds is 5. The van der Waals surface area contributed by atoms with E-state index < -0.39 is 20.8 Å². The normalized spacial score (nSPS) is 21.0. The molecule has 8 nitrogen and oxygen atoms in total. The zero-order chi connectivity index (χ0) is 16.3. The fourth-order valence-electron chi connectivity index (χ4n) is 2.26. The van der Waals surface area contributed by atoms with Crippen LogP contribution in [0.5, 0.6) is 0 Å². The molecule has 1 aromatic rings. The van der Waals surface area contributed by atoms with E-state index in [0.717, 1.165) is 0 Å². The minimum atomic E-state index is -3.05. The third kappa shape index (κ3) is 4.17. The van der Waals surface area contributed by atoms with Gasteiger partial charge in [0.05, 0.1) is 16.4 Å². The van der Waals surface area contributed by atoms with Gasteiger partial charge < -0.3 is 10.6 Å². The molecule has 9 heteroatoms. The summed E-state index contributed by atoms with van der Waals surface area (Å²) in [6.07, 6.45) is 0.414. The first-order valence-corrected chi connectivity index (χ1v) is 8.61. The average molecular weight is 327 g/mol. The third-order valence-corrected chi connectivity index (χ3v) is 5.18. The van der Waals surface area contributed by atoms with Crippen LogP contribution in [0.15, 0.2) is 24.3 Å². The lowest BCUT2D eigenvalue weighted by atomic mass is 10.2. The van der Waals surface area contributed by atoms with Crippen molar-refractivity contribution in [2.24, 2.45) is 0 Å². The van der Waals surface area contributed by atoms with Crippen LogP contribution in [-0.4, -0.2) is 42.8 Å². The molecule has 0 aromatic heterocycles. The topological polar surface area (TPSA) is 118 Å². The maximum absolute atomic E-state index is 12.0. The average Bonchev–Trinajstić information content (AvgIpc) is 2.78. The number of amides is 1. The molecule has 0 aliphatic carbocycles. The molecule has 1 fully saturated rings. The predicted molar refractivity (Wildman–Crippen MR) is 81.4 cm³/mol. The molecule has 0 saturated carbocycles. The molecule has 2 atom stereocenters. The highest BCUT2D eigenvalue weighted by Gasteiger charge is 2.29. The highest BCUT2D eigenvalue weighted by Crippen LogP contribution is 2.18. The van der Waals surface area contributed by atoms with Crippen LogP contribution < -0.4 is 10.6 Å². The molecule has 0 spiro atoms. The third-order valence-electron chi connectivity index (χ3n) is 3.41. The molecule has 2 N–H and O–H groups in total. The first-order valence-electron chi connectivity index (χ1n) is 6.78. The van der Waals surface area contributed by atoms with Crippen LogP contribution in [-0.2, 0) is 14.6 Å². The molecule has 1 aliphatic heterocycles. The lowest BCUT2D eigenvalue weighted by molar-refractivity contribution is -0.384. The molecule has 0 radical (unpaired) electrons. The van der Waals surface area contributed by atoms with E-state index >= 15 is 0 Å². The maximum Gasteiger partial charge on any atom is 0.271 e. The Morgan fingerprint density at radius 1 is 1.45 bits per heavy atom. The fourth-order valence-corrected chi connectivity index (χ4v) is 3.93. The van der Waals surface area contributed by atoms with Gasteiger partial charge in [0.15, 0.2) is 9.84 Å². The first kappa shape index (κ1) is 16.2. The van der Waals surface area contributed by atoms with Crippen molar-refractivity contribution in [2.45, 2.75) is 25.4 Å². The van der Waals surface area contributed by atoms with Crippen LogP contribution in [0.4, 0.5) is 11.4 Å². The molecule has 1 heterocycles. The smallest absolute Gasteiger partial charge is 0.271 e. The van der Waals surface area contributed by atoms with Gasteiger partial charge in [-0.1, -0.05) is 6.07 Å². The van der Waals surface area contributed by atoms with Gasteiger partial charge in [0, 0.05) is 23.9 Å². The van der Waals surface area contributed by atoms with E-state index in [1.807, 2.05) is 0 Å². The number of non-ortho nitro benzene ring substituents is 1. The Morgan fingerprint density at radius 3 is 2.77 bits per heavy atom. The van der Waals surface area contributed by atoms with Crippen LogP contribution in [0.3, 0.4) is 0 Å². The fraction of sp³-hybridized carbons (Fsp3) is 0.462. The van der Waals surface area contributed by atoms with Crippen molar-refractivity contribution < 1.29 is 18.1 Å². The number of benzene rings is 1. The highest BCUT2D eigenvalue weighted by atomic mass is 32.2. The van der Waals surface area contributed by atoms with Crippen LogP contribution in [0.2, 0.25) is 0 Å². The van der Waals surface area contributed by atoms with Crippen molar-refractivity contribution >= 4 is 27.1 Å². The van der Waals surface area contributed by atoms with E-state index in [9.17, 15) is 23.3 Å². The molecule has 22 heavy (non-hydrogen) atoms. The van der Waals surface area contributed by atoms with Crippen molar-refractivity contribution in [3.63, 3.8) is 0 Å². The molecule has 2 rings (SSSR count). The van der Waals surface area contributed by atoms with Crippen molar-refractivity contribution in [3.8, 4) is 0 Å². The monoisotopic (exact) mass is 327 g/mol. The summed E-state index contributed by atoms with van der Waals surface area (Å²) in [5, 5.41) is 16.2. The van der Waals surface area contributed by atoms with Gasteiger partial charge in [0.25, 0.3) is 5.69 Å². The number of hydrogen-bond donors (Lipinski definition) is 2. The van der Waals surface area contributed by atoms with Gasteiger partial charge >= 0.3 is 0 Å². The number of nitro groups is 1. The van der Waals surface area contributed by atoms with E-state index in [1.165, 1.54) is 18.2 Å². The second kappa shape index (κ2) is 6.30. The van der Waals surface area contributed by atoms with Gasteiger partial charge in [-0.05, 0) is 19.4 Å². The van der Waals surface area contributed by atoms with Gasteiger partial charge in [-0.25, -0.2) is 8.42 Å². The van der Waals surface area contributed by atoms with Crippen LogP contribution in [0.25, 0.3) is 0 Å². The zero-order valence-electron chi connectivity index (χ0n) is 12.0. The van der Waals surface area contributed by atoms with Crippen molar-refractivity contribution in [2.75, 3.05) is 16.8 Å². The summed E-state index contributed by atoms with van der Waals surface area (Å²) in [5.74, 6) is -0.291. The number of carbonyl (C=O) groups excluding carboxylic acids is 1. The Morgan fingerprint density at radius 2 is 2.18 bits per heavy atom. The zero-order valence-corrected chi connectivity index (χ0v) is 12.8. The molecule has 0 unspecified atom stereocenters. The van der Waals surface area contributed by atoms with Crippen molar-refractivity contribution in [3.05, 3.63) is 34.4 Å². The number of sulfone groups is 1. The van der Waals surface area contributed by atoms with E-state index in [0.29, 0.717) is 12.1 Å². The summed E-state index contributed by atoms with van der Waals surface area (Å²) >= 11 is 0. The second-order valence-corrected chi connectivity index (χ2v) is 7.51. The molecule has 1 saturated heterocycles. The molecular formula is C13H17N3O5S. The summed E-state index contributed by atoms with van der Waals surface area (Å²) in [7, 11) is -3.05. The molecule has 1 amide bonds. The van der Waals surface area contributed by atoms with Crippen LogP contribution in [0.1, 0.15) is 13.3 Å². The Balaban J connectivity index is 1.94. The minimum Gasteiger partial charge on any atom is -0.374 e. The summed E-state index contributed by atoms with van der Waals surface area (Å²) in [4.78, 5) is 22.2. The lowest BCUT2D eigenvalue weighted by Gasteiger charge is -2.18. The number of nitrogens with one attached hydrogen (secondary N) is 2. The molecular weight excluding hydrogens is 310 g/mol. The predicted octanol–water partition coefficient (Wildman–Crippen LogP) is 0.698. The van der Waals surface area contributed by atoms with E-state index in [2.05, 4.69) is 10.6 Å². The minimum absolute atomic E-state index is 0.0394. The number of hydrogen-bond acceptors (Lipinski definition) is 6. The Hall–Kier alpha value is -2.16. The number of nitrogens with zero attached hydrogens (tertiary/aromatic N) is 1. The summed E-state index contributed by atoms with van der Waals surface area (Å²) in [6, 6.07) is 4.84. The Labute approximate surface area is 128 Å². The van der Waals surface area contributed by atoms with Crippen molar-refractivity contribution in [1.82, 2.24) is 5.32 Å². The summed E-state index contributed by atoms with van der Waals surface area (Å²) < 4.78 is 22.7. The summed E-state index contributed by atoms with van der Waals surface area (Å²) in [5.41, 5.74) is 0.385. The quantitative estimate of drug-likeness (QED) is 0.607. The van der Waals surface area contributed by atoms with Gasteiger partial charge in [-0.15, -0.1) is 0 Å². The van der Waals surface area contributed by atoms with E-state index in [-0.39, 0.29) is 29.1 Å². The Kier molecular flexibility index (Phi) is 4.65. The Bertz CT molecular complexity index is 689. The van der Waals surface area contributed by atoms with Crippen molar-refractivity contribution in [1.29, 1.82) is 0 Å². The lowest BCUT2D eigenvalue weighted by Crippen LogP contribution is -2.43. The number of carbonyl (C=O) groups is 1. The largest absolute Gasteiger partial charge is 0.374 e. The van der Waals surface area contributed by atoms with Crippen LogP contribution >= 0.6 is 0 Å². The molecule has 120 valence electrons. The SMILES string of the molecule is C[C@@H](Nc1cccc([N+](=O)[O-])c1)C(=O)N[C@@H]1CCS(=O)(=O)C1. The second-order valence-electron chi connectivity index (χ2n) is 5.28. The van der Waals surface area contributed by atoms with Gasteiger partial charge in [-0.3, -0.25) is 14.9 Å². The van der Waals surface area contributed by atoms with Gasteiger partial charge in [-0.2, -0.15) is 0 Å². The standard InChI is InChI=1S/C13H17N3O5S/c1-9(13(17)15-11-5-6-22(20,21)8-11)14-10-3-2-4-12(7-10)16(18)19/h2-4,7,9,11,14H,5-6,8H2,1H3,(H,15,17)/t9-,11-/m1/s1. The highest BCUT2D eigenvalue weighted by molar-refractivity contribution is 7.91. The van der Waals surface area contributed by atoms with Crippen LogP contribution in [0, 0.1) is 10.1 Å². The maximum atomic E-state index is 12.0. The molecule has 1 aromatic carbocycles. The van der Waals surface area contributed by atoms with E-state index in [1.54, 1.807) is 13.0 Å². The van der Waals surface area contributed by atoms with Gasteiger partial charge in [0.2, 0.25) is 5.91 Å². The molecule has 1 aliphatic rings. The van der Waals surface area contributed by atoms with E-state index in [4.69, 9.17) is 0 Å².